The van der Waals surface area contributed by atoms with Gasteiger partial charge in [0.1, 0.15) is 6.04 Å². The van der Waals surface area contributed by atoms with Gasteiger partial charge >= 0.3 is 0 Å². The molecule has 1 aromatic carbocycles. The highest BCUT2D eigenvalue weighted by atomic mass is 32.1. The van der Waals surface area contributed by atoms with Gasteiger partial charge in [-0.25, -0.2) is 0 Å². The fourth-order valence-corrected chi connectivity index (χ4v) is 6.85. The van der Waals surface area contributed by atoms with E-state index in [1.807, 2.05) is 4.90 Å². The average molecular weight is 523 g/mol. The van der Waals surface area contributed by atoms with Gasteiger partial charge in [0.2, 0.25) is 11.8 Å². The van der Waals surface area contributed by atoms with Gasteiger partial charge in [0.25, 0.3) is 0 Å². The van der Waals surface area contributed by atoms with Crippen molar-refractivity contribution in [1.82, 2.24) is 15.1 Å². The predicted octanol–water partition coefficient (Wildman–Crippen LogP) is 4.40. The molecule has 3 aliphatic rings. The molecule has 0 bridgehead atoms. The third-order valence-corrected chi connectivity index (χ3v) is 9.50. The molecule has 1 aliphatic heterocycles. The van der Waals surface area contributed by atoms with Gasteiger partial charge in [0.15, 0.2) is 0 Å². The lowest BCUT2D eigenvalue weighted by molar-refractivity contribution is -0.145. The van der Waals surface area contributed by atoms with Crippen LogP contribution in [-0.4, -0.2) is 53.3 Å². The Bertz CT molecular complexity index is 1000. The Morgan fingerprint density at radius 1 is 0.946 bits per heavy atom. The number of carbonyl (C=O) groups is 2. The summed E-state index contributed by atoms with van der Waals surface area (Å²) in [7, 11) is 0. The largest absolute Gasteiger partial charge is 0.354 e. The van der Waals surface area contributed by atoms with E-state index in [-0.39, 0.29) is 29.8 Å². The minimum absolute atomic E-state index is 0.0374. The highest BCUT2D eigenvalue weighted by molar-refractivity contribution is 7.09. The minimum atomic E-state index is -0.381. The average Bonchev–Trinajstić information content (AvgIpc) is 3.67. The van der Waals surface area contributed by atoms with Gasteiger partial charge in [0.05, 0.1) is 0 Å². The third-order valence-electron chi connectivity index (χ3n) is 8.64. The normalized spacial score (nSPS) is 26.3. The molecule has 1 aromatic heterocycles. The number of hydrogen-bond donors (Lipinski definition) is 2. The van der Waals surface area contributed by atoms with Gasteiger partial charge in [0, 0.05) is 43.0 Å². The standard InChI is InChI=1S/C30H42N4O2S/c31-18-22-8-10-23(11-9-22)19-32-29(35)28-17-26(14-15-34(28)30(36)25-12-13-25)33(21-27-7-4-16-37-27)20-24-5-2-1-3-6-24/h1-7,16,22-23,25-26,28H,8-15,17-21,31H2,(H,32,35)/t22?,23?,26?,28-/m1/s1. The van der Waals surface area contributed by atoms with E-state index < -0.39 is 0 Å². The number of benzene rings is 1. The number of nitrogens with one attached hydrogen (secondary N) is 1. The third kappa shape index (κ3) is 7.01. The molecule has 2 atom stereocenters. The van der Waals surface area contributed by atoms with Crippen LogP contribution in [0.2, 0.25) is 0 Å². The van der Waals surface area contributed by atoms with Gasteiger partial charge in [-0.2, -0.15) is 0 Å². The maximum absolute atomic E-state index is 13.6. The van der Waals surface area contributed by atoms with Crippen LogP contribution in [0.4, 0.5) is 0 Å². The van der Waals surface area contributed by atoms with Crippen molar-refractivity contribution < 1.29 is 9.59 Å². The molecule has 0 radical (unpaired) electrons. The zero-order chi connectivity index (χ0) is 25.6. The number of piperidine rings is 1. The first-order chi connectivity index (χ1) is 18.1. The number of rotatable bonds is 10. The first-order valence-corrected chi connectivity index (χ1v) is 15.1. The molecule has 5 rings (SSSR count). The lowest BCUT2D eigenvalue weighted by Crippen LogP contribution is -2.58. The van der Waals surface area contributed by atoms with Gasteiger partial charge in [-0.3, -0.25) is 14.5 Å². The van der Waals surface area contributed by atoms with Crippen LogP contribution in [0.5, 0.6) is 0 Å². The summed E-state index contributed by atoms with van der Waals surface area (Å²) in [6, 6.07) is 14.8. The fraction of sp³-hybridized carbons (Fsp3) is 0.600. The van der Waals surface area contributed by atoms with Gasteiger partial charge < -0.3 is 16.0 Å². The fourth-order valence-electron chi connectivity index (χ4n) is 6.12. The summed E-state index contributed by atoms with van der Waals surface area (Å²) < 4.78 is 0. The first-order valence-electron chi connectivity index (χ1n) is 14.2. The van der Waals surface area contributed by atoms with E-state index in [1.165, 1.54) is 10.4 Å². The number of nitrogens with two attached hydrogens (primary N) is 1. The van der Waals surface area contributed by atoms with Gasteiger partial charge in [-0.15, -0.1) is 11.3 Å². The maximum Gasteiger partial charge on any atom is 0.242 e. The molecule has 3 N–H and O–H groups in total. The van der Waals surface area contributed by atoms with Crippen LogP contribution in [0.15, 0.2) is 47.8 Å². The number of likely N-dealkylation sites (tertiary alicyclic amines) is 1. The molecule has 1 saturated heterocycles. The zero-order valence-electron chi connectivity index (χ0n) is 21.9. The molecule has 2 aliphatic carbocycles. The molecule has 37 heavy (non-hydrogen) atoms. The monoisotopic (exact) mass is 522 g/mol. The van der Waals surface area contributed by atoms with E-state index >= 15 is 0 Å². The molecule has 2 amide bonds. The first kappa shape index (κ1) is 26.4. The molecular weight excluding hydrogens is 480 g/mol. The molecular formula is C30H42N4O2S. The second kappa shape index (κ2) is 12.5. The predicted molar refractivity (Wildman–Crippen MR) is 149 cm³/mol. The van der Waals surface area contributed by atoms with Crippen LogP contribution in [0.3, 0.4) is 0 Å². The Morgan fingerprint density at radius 2 is 1.70 bits per heavy atom. The quantitative estimate of drug-likeness (QED) is 0.485. The van der Waals surface area contributed by atoms with Gasteiger partial charge in [-0.05, 0) is 86.8 Å². The van der Waals surface area contributed by atoms with E-state index in [1.54, 1.807) is 11.3 Å². The zero-order valence-corrected chi connectivity index (χ0v) is 22.7. The summed E-state index contributed by atoms with van der Waals surface area (Å²) in [4.78, 5) is 32.6. The number of carbonyl (C=O) groups excluding carboxylic acids is 2. The van der Waals surface area contributed by atoms with Crippen LogP contribution in [0.1, 0.15) is 61.8 Å². The second-order valence-corrected chi connectivity index (χ2v) is 12.4. The number of nitrogens with zero attached hydrogens (tertiary/aromatic N) is 2. The molecule has 2 heterocycles. The summed E-state index contributed by atoms with van der Waals surface area (Å²) in [5.74, 6) is 1.51. The summed E-state index contributed by atoms with van der Waals surface area (Å²) in [6.45, 7) is 3.86. The van der Waals surface area contributed by atoms with Crippen molar-refractivity contribution in [2.24, 2.45) is 23.5 Å². The molecule has 2 aromatic rings. The topological polar surface area (TPSA) is 78.7 Å². The van der Waals surface area contributed by atoms with Crippen LogP contribution >= 0.6 is 11.3 Å². The van der Waals surface area contributed by atoms with Crippen molar-refractivity contribution in [1.29, 1.82) is 0 Å². The van der Waals surface area contributed by atoms with Crippen molar-refractivity contribution in [2.45, 2.75) is 76.5 Å². The van der Waals surface area contributed by atoms with Crippen LogP contribution in [-0.2, 0) is 22.7 Å². The number of thiophene rings is 1. The minimum Gasteiger partial charge on any atom is -0.354 e. The Morgan fingerprint density at radius 3 is 2.38 bits per heavy atom. The molecule has 3 fully saturated rings. The Kier molecular flexibility index (Phi) is 8.95. The second-order valence-electron chi connectivity index (χ2n) is 11.3. The summed E-state index contributed by atoms with van der Waals surface area (Å²) >= 11 is 1.78. The number of amides is 2. The van der Waals surface area contributed by atoms with E-state index in [2.05, 4.69) is 58.1 Å². The highest BCUT2D eigenvalue weighted by Gasteiger charge is 2.43. The van der Waals surface area contributed by atoms with Crippen molar-refractivity contribution in [2.75, 3.05) is 19.6 Å². The SMILES string of the molecule is NCC1CCC(CNC(=O)[C@H]2CC(N(Cc3ccccc3)Cc3cccs3)CCN2C(=O)C2CC2)CC1. The lowest BCUT2D eigenvalue weighted by Gasteiger charge is -2.43. The van der Waals surface area contributed by atoms with Gasteiger partial charge in [-0.1, -0.05) is 36.4 Å². The van der Waals surface area contributed by atoms with E-state index in [0.717, 1.165) is 64.6 Å². The molecule has 200 valence electrons. The molecule has 2 saturated carbocycles. The summed E-state index contributed by atoms with van der Waals surface area (Å²) in [6.07, 6.45) is 8.12. The highest BCUT2D eigenvalue weighted by Crippen LogP contribution is 2.35. The van der Waals surface area contributed by atoms with Crippen molar-refractivity contribution >= 4 is 23.2 Å². The lowest BCUT2D eigenvalue weighted by atomic mass is 9.82. The smallest absolute Gasteiger partial charge is 0.242 e. The van der Waals surface area contributed by atoms with Crippen LogP contribution < -0.4 is 11.1 Å². The summed E-state index contributed by atoms with van der Waals surface area (Å²) in [5.41, 5.74) is 7.14. The number of hydrogen-bond acceptors (Lipinski definition) is 5. The molecule has 6 nitrogen and oxygen atoms in total. The van der Waals surface area contributed by atoms with E-state index in [4.69, 9.17) is 5.73 Å². The maximum atomic E-state index is 13.6. The van der Waals surface area contributed by atoms with Crippen molar-refractivity contribution in [3.63, 3.8) is 0 Å². The van der Waals surface area contributed by atoms with Crippen LogP contribution in [0.25, 0.3) is 0 Å². The molecule has 7 heteroatoms. The van der Waals surface area contributed by atoms with E-state index in [9.17, 15) is 9.59 Å². The molecule has 1 unspecified atom stereocenters. The Balaban J connectivity index is 1.28. The van der Waals surface area contributed by atoms with Crippen molar-refractivity contribution in [3.05, 3.63) is 58.3 Å². The van der Waals surface area contributed by atoms with Crippen molar-refractivity contribution in [3.8, 4) is 0 Å². The van der Waals surface area contributed by atoms with E-state index in [0.29, 0.717) is 31.3 Å². The van der Waals surface area contributed by atoms with Crippen LogP contribution in [0, 0.1) is 17.8 Å². The Labute approximate surface area is 225 Å². The summed E-state index contributed by atoms with van der Waals surface area (Å²) in [5, 5.41) is 5.40. The molecule has 0 spiro atoms. The Hall–Kier alpha value is -2.22.